The molecule has 0 bridgehead atoms. The molecular formula is C21H26N4O2. The molecule has 142 valence electrons. The number of amides is 1. The first kappa shape index (κ1) is 17.8. The Morgan fingerprint density at radius 1 is 1.26 bits per heavy atom. The van der Waals surface area contributed by atoms with Gasteiger partial charge in [0.1, 0.15) is 5.69 Å². The van der Waals surface area contributed by atoms with Crippen molar-refractivity contribution in [1.82, 2.24) is 19.8 Å². The molecule has 0 saturated heterocycles. The summed E-state index contributed by atoms with van der Waals surface area (Å²) in [6, 6.07) is 4.07. The third kappa shape index (κ3) is 3.13. The zero-order valence-corrected chi connectivity index (χ0v) is 16.7. The van der Waals surface area contributed by atoms with Crippen molar-refractivity contribution in [2.45, 2.75) is 59.5 Å². The summed E-state index contributed by atoms with van der Waals surface area (Å²) in [6.07, 6.45) is 2.99. The number of carbonyl (C=O) groups excluding carboxylic acids is 1. The molecule has 1 aromatic carbocycles. The molecule has 1 amide bonds. The minimum Gasteiger partial charge on any atom is -0.356 e. The Kier molecular flexibility index (Phi) is 4.09. The molecule has 0 saturated carbocycles. The number of hydrogen-bond donors (Lipinski definition) is 0. The first-order valence-corrected chi connectivity index (χ1v) is 9.43. The number of aryl methyl sites for hydroxylation is 2. The van der Waals surface area contributed by atoms with Crippen LogP contribution in [-0.2, 0) is 29.7 Å². The van der Waals surface area contributed by atoms with Crippen LogP contribution in [0.15, 0.2) is 22.9 Å². The Bertz CT molecular complexity index is 1020. The van der Waals surface area contributed by atoms with Gasteiger partial charge < -0.3 is 9.42 Å². The van der Waals surface area contributed by atoms with E-state index in [9.17, 15) is 4.79 Å². The predicted octanol–water partition coefficient (Wildman–Crippen LogP) is 3.52. The minimum atomic E-state index is -0.0466. The second-order valence-electron chi connectivity index (χ2n) is 8.53. The van der Waals surface area contributed by atoms with Crippen molar-refractivity contribution in [2.24, 2.45) is 0 Å². The largest absolute Gasteiger partial charge is 0.356 e. The van der Waals surface area contributed by atoms with Crippen LogP contribution in [0.4, 0.5) is 0 Å². The van der Waals surface area contributed by atoms with Gasteiger partial charge in [0.05, 0.1) is 18.2 Å². The van der Waals surface area contributed by atoms with Crippen LogP contribution in [0, 0.1) is 13.8 Å². The van der Waals surface area contributed by atoms with E-state index in [0.29, 0.717) is 13.1 Å². The average Bonchev–Trinajstić information content (AvgIpc) is 3.17. The summed E-state index contributed by atoms with van der Waals surface area (Å²) in [5.41, 5.74) is 6.04. The van der Waals surface area contributed by atoms with Gasteiger partial charge in [-0.15, -0.1) is 0 Å². The highest BCUT2D eigenvalue weighted by Gasteiger charge is 2.28. The number of rotatable bonds is 2. The molecule has 6 nitrogen and oxygen atoms in total. The maximum atomic E-state index is 12.9. The maximum Gasteiger partial charge on any atom is 0.229 e. The number of nitrogens with zero attached hydrogens (tertiary/aromatic N) is 4. The fraction of sp³-hybridized carbons (Fsp3) is 0.476. The Morgan fingerprint density at radius 3 is 2.78 bits per heavy atom. The number of fused-ring (bicyclic) bond motifs is 2. The molecule has 0 unspecified atom stereocenters. The van der Waals surface area contributed by atoms with Gasteiger partial charge in [0.25, 0.3) is 0 Å². The molecule has 1 aliphatic rings. The number of carbonyl (C=O) groups is 1. The Balaban J connectivity index is 1.54. The second-order valence-corrected chi connectivity index (χ2v) is 8.53. The Hall–Kier alpha value is -2.63. The van der Waals surface area contributed by atoms with Crippen molar-refractivity contribution >= 4 is 16.9 Å². The minimum absolute atomic E-state index is 0.0466. The van der Waals surface area contributed by atoms with E-state index >= 15 is 0 Å². The average molecular weight is 366 g/mol. The lowest BCUT2D eigenvalue weighted by Gasteiger charge is -2.30. The van der Waals surface area contributed by atoms with Crippen LogP contribution in [-0.4, -0.2) is 32.3 Å². The third-order valence-corrected chi connectivity index (χ3v) is 5.23. The molecule has 0 fully saturated rings. The van der Waals surface area contributed by atoms with Gasteiger partial charge in [-0.05, 0) is 51.8 Å². The normalized spacial score (nSPS) is 14.6. The van der Waals surface area contributed by atoms with Crippen molar-refractivity contribution in [3.8, 4) is 0 Å². The Labute approximate surface area is 159 Å². The zero-order valence-electron chi connectivity index (χ0n) is 16.7. The number of hydrogen-bond acceptors (Lipinski definition) is 4. The molecule has 3 aromatic rings. The fourth-order valence-corrected chi connectivity index (χ4v) is 4.02. The first-order chi connectivity index (χ1) is 12.7. The van der Waals surface area contributed by atoms with Crippen LogP contribution in [0.1, 0.15) is 48.8 Å². The molecule has 0 atom stereocenters. The lowest BCUT2D eigenvalue weighted by molar-refractivity contribution is -0.131. The summed E-state index contributed by atoms with van der Waals surface area (Å²) < 4.78 is 7.55. The van der Waals surface area contributed by atoms with Crippen molar-refractivity contribution in [2.75, 3.05) is 6.54 Å². The van der Waals surface area contributed by atoms with Gasteiger partial charge in [-0.25, -0.2) is 0 Å². The van der Waals surface area contributed by atoms with Gasteiger partial charge in [0, 0.05) is 36.2 Å². The molecule has 3 heterocycles. The fourth-order valence-electron chi connectivity index (χ4n) is 4.02. The van der Waals surface area contributed by atoms with Gasteiger partial charge in [-0.2, -0.15) is 5.10 Å². The molecule has 6 heteroatoms. The molecule has 0 aliphatic carbocycles. The molecular weight excluding hydrogens is 340 g/mol. The smallest absolute Gasteiger partial charge is 0.229 e. The molecule has 27 heavy (non-hydrogen) atoms. The molecule has 0 radical (unpaired) electrons. The zero-order chi connectivity index (χ0) is 19.3. The van der Waals surface area contributed by atoms with E-state index in [1.165, 1.54) is 5.69 Å². The molecule has 0 spiro atoms. The van der Waals surface area contributed by atoms with E-state index in [4.69, 9.17) is 4.52 Å². The second kappa shape index (κ2) is 6.22. The highest BCUT2D eigenvalue weighted by molar-refractivity contribution is 5.88. The standard InChI is InChI=1S/C21H26N4O2/c1-13-8-14(2)20-16(23-27-18(20)9-13)10-19(26)24-7-6-17-15(12-24)11-22-25(17)21(3,4)5/h8-9,11H,6-7,10,12H2,1-5H3. The lowest BCUT2D eigenvalue weighted by atomic mass is 10.0. The molecule has 1 aliphatic heterocycles. The van der Waals surface area contributed by atoms with Crippen molar-refractivity contribution < 1.29 is 9.32 Å². The van der Waals surface area contributed by atoms with E-state index in [1.807, 2.05) is 31.0 Å². The van der Waals surface area contributed by atoms with Crippen LogP contribution in [0.5, 0.6) is 0 Å². The highest BCUT2D eigenvalue weighted by Crippen LogP contribution is 2.27. The van der Waals surface area contributed by atoms with Gasteiger partial charge in [-0.1, -0.05) is 11.2 Å². The molecule has 0 N–H and O–H groups in total. The van der Waals surface area contributed by atoms with Gasteiger partial charge in [-0.3, -0.25) is 9.48 Å². The number of benzene rings is 1. The summed E-state index contributed by atoms with van der Waals surface area (Å²) in [5.74, 6) is 0.0827. The van der Waals surface area contributed by atoms with E-state index in [0.717, 1.165) is 39.8 Å². The lowest BCUT2D eigenvalue weighted by Crippen LogP contribution is -2.38. The van der Waals surface area contributed by atoms with Crippen molar-refractivity contribution in [1.29, 1.82) is 0 Å². The van der Waals surface area contributed by atoms with E-state index < -0.39 is 0 Å². The Morgan fingerprint density at radius 2 is 2.04 bits per heavy atom. The van der Waals surface area contributed by atoms with Crippen molar-refractivity contribution in [3.05, 3.63) is 46.4 Å². The predicted molar refractivity (Wildman–Crippen MR) is 104 cm³/mol. The summed E-state index contributed by atoms with van der Waals surface area (Å²) >= 11 is 0. The monoisotopic (exact) mass is 366 g/mol. The van der Waals surface area contributed by atoms with Gasteiger partial charge in [0.15, 0.2) is 5.58 Å². The summed E-state index contributed by atoms with van der Waals surface area (Å²) in [6.45, 7) is 11.8. The number of aromatic nitrogens is 3. The van der Waals surface area contributed by atoms with E-state index in [-0.39, 0.29) is 17.9 Å². The summed E-state index contributed by atoms with van der Waals surface area (Å²) in [5, 5.41) is 9.69. The molecule has 4 rings (SSSR count). The quantitative estimate of drug-likeness (QED) is 0.696. The van der Waals surface area contributed by atoms with Gasteiger partial charge in [0.2, 0.25) is 5.91 Å². The van der Waals surface area contributed by atoms with E-state index in [1.54, 1.807) is 0 Å². The van der Waals surface area contributed by atoms with Gasteiger partial charge >= 0.3 is 0 Å². The highest BCUT2D eigenvalue weighted by atomic mass is 16.5. The topological polar surface area (TPSA) is 64.2 Å². The first-order valence-electron chi connectivity index (χ1n) is 9.43. The van der Waals surface area contributed by atoms with Crippen LogP contribution < -0.4 is 0 Å². The third-order valence-electron chi connectivity index (χ3n) is 5.23. The molecule has 2 aromatic heterocycles. The summed E-state index contributed by atoms with van der Waals surface area (Å²) in [4.78, 5) is 14.8. The maximum absolute atomic E-state index is 12.9. The van der Waals surface area contributed by atoms with Crippen molar-refractivity contribution in [3.63, 3.8) is 0 Å². The van der Waals surface area contributed by atoms with Crippen LogP contribution in [0.3, 0.4) is 0 Å². The van der Waals surface area contributed by atoms with Crippen LogP contribution in [0.2, 0.25) is 0 Å². The van der Waals surface area contributed by atoms with Crippen LogP contribution >= 0.6 is 0 Å². The van der Waals surface area contributed by atoms with E-state index in [2.05, 4.69) is 41.8 Å². The summed E-state index contributed by atoms with van der Waals surface area (Å²) in [7, 11) is 0. The SMILES string of the molecule is Cc1cc(C)c2c(CC(=O)N3CCc4c(cnn4C(C)(C)C)C3)noc2c1. The van der Waals surface area contributed by atoms with Crippen LogP contribution in [0.25, 0.3) is 11.0 Å².